The fourth-order valence-electron chi connectivity index (χ4n) is 2.41. The van der Waals surface area contributed by atoms with Gasteiger partial charge in [-0.25, -0.2) is 0 Å². The Labute approximate surface area is 115 Å². The second-order valence-electron chi connectivity index (χ2n) is 4.43. The normalized spacial score (nSPS) is 13.5. The van der Waals surface area contributed by atoms with E-state index in [1.807, 2.05) is 33.0 Å². The highest BCUT2D eigenvalue weighted by Crippen LogP contribution is 2.37. The number of hydrogen-bond acceptors (Lipinski definition) is 4. The Bertz CT molecular complexity index is 466. The molecule has 1 aromatic carbocycles. The van der Waals surface area contributed by atoms with E-state index in [0.29, 0.717) is 0 Å². The van der Waals surface area contributed by atoms with Gasteiger partial charge in [-0.1, -0.05) is 13.0 Å². The molecule has 0 aromatic heterocycles. The molecule has 2 atom stereocenters. The third-order valence-electron chi connectivity index (χ3n) is 3.46. The second kappa shape index (κ2) is 7.01. The molecule has 1 N–H and O–H groups in total. The van der Waals surface area contributed by atoms with Crippen LogP contribution in [0.5, 0.6) is 11.5 Å². The highest BCUT2D eigenvalue weighted by atomic mass is 16.5. The molecule has 4 heteroatoms. The van der Waals surface area contributed by atoms with E-state index in [0.717, 1.165) is 29.0 Å². The van der Waals surface area contributed by atoms with Crippen LogP contribution in [0.3, 0.4) is 0 Å². The molecule has 19 heavy (non-hydrogen) atoms. The molecule has 1 aromatic rings. The van der Waals surface area contributed by atoms with E-state index in [9.17, 15) is 5.26 Å². The summed E-state index contributed by atoms with van der Waals surface area (Å²) in [6, 6.07) is 6.19. The van der Waals surface area contributed by atoms with E-state index in [-0.39, 0.29) is 12.0 Å². The summed E-state index contributed by atoms with van der Waals surface area (Å²) in [5.74, 6) is 1.49. The maximum Gasteiger partial charge on any atom is 0.130 e. The number of nitrogens with zero attached hydrogens (tertiary/aromatic N) is 1. The first-order valence-corrected chi connectivity index (χ1v) is 6.42. The molecule has 104 valence electrons. The maximum absolute atomic E-state index is 9.27. The van der Waals surface area contributed by atoms with Gasteiger partial charge in [-0.15, -0.1) is 0 Å². The van der Waals surface area contributed by atoms with Crippen LogP contribution >= 0.6 is 0 Å². The van der Waals surface area contributed by atoms with Gasteiger partial charge in [0.2, 0.25) is 0 Å². The number of nitriles is 1. The first-order chi connectivity index (χ1) is 9.14. The molecule has 0 saturated heterocycles. The minimum absolute atomic E-state index is 0.0467. The quantitative estimate of drug-likeness (QED) is 0.856. The summed E-state index contributed by atoms with van der Waals surface area (Å²) in [5, 5.41) is 12.5. The number of benzene rings is 1. The van der Waals surface area contributed by atoms with Crippen molar-refractivity contribution in [1.82, 2.24) is 5.32 Å². The van der Waals surface area contributed by atoms with Gasteiger partial charge in [0.25, 0.3) is 0 Å². The molecular formula is C15H22N2O2. The van der Waals surface area contributed by atoms with Gasteiger partial charge in [0.1, 0.15) is 11.5 Å². The molecule has 2 unspecified atom stereocenters. The third kappa shape index (κ3) is 2.99. The van der Waals surface area contributed by atoms with Crippen molar-refractivity contribution in [3.05, 3.63) is 23.3 Å². The van der Waals surface area contributed by atoms with E-state index in [1.54, 1.807) is 14.2 Å². The van der Waals surface area contributed by atoms with Gasteiger partial charge < -0.3 is 14.8 Å². The van der Waals surface area contributed by atoms with Gasteiger partial charge in [0, 0.05) is 11.1 Å². The third-order valence-corrected chi connectivity index (χ3v) is 3.46. The highest BCUT2D eigenvalue weighted by molar-refractivity contribution is 5.51. The number of rotatable bonds is 6. The zero-order chi connectivity index (χ0) is 14.4. The first-order valence-electron chi connectivity index (χ1n) is 6.42. The second-order valence-corrected chi connectivity index (χ2v) is 4.43. The molecular weight excluding hydrogens is 240 g/mol. The van der Waals surface area contributed by atoms with Crippen molar-refractivity contribution < 1.29 is 9.47 Å². The average molecular weight is 262 g/mol. The van der Waals surface area contributed by atoms with Gasteiger partial charge in [0.05, 0.1) is 32.2 Å². The Kier molecular flexibility index (Phi) is 5.65. The van der Waals surface area contributed by atoms with Crippen LogP contribution in [0.25, 0.3) is 0 Å². The summed E-state index contributed by atoms with van der Waals surface area (Å²) in [4.78, 5) is 0. The first kappa shape index (κ1) is 15.3. The number of nitrogens with one attached hydrogen (secondary N) is 1. The fraction of sp³-hybridized carbons (Fsp3) is 0.533. The molecule has 0 radical (unpaired) electrons. The largest absolute Gasteiger partial charge is 0.496 e. The van der Waals surface area contributed by atoms with Crippen molar-refractivity contribution in [2.24, 2.45) is 5.92 Å². The summed E-state index contributed by atoms with van der Waals surface area (Å²) < 4.78 is 10.8. The van der Waals surface area contributed by atoms with Crippen LogP contribution in [-0.2, 0) is 0 Å². The molecule has 1 rings (SSSR count). The Morgan fingerprint density at radius 1 is 1.32 bits per heavy atom. The predicted octanol–water partition coefficient (Wildman–Crippen LogP) is 2.82. The lowest BCUT2D eigenvalue weighted by atomic mass is 9.90. The van der Waals surface area contributed by atoms with Crippen molar-refractivity contribution in [3.63, 3.8) is 0 Å². The van der Waals surface area contributed by atoms with E-state index in [1.165, 1.54) is 0 Å². The molecule has 0 aliphatic carbocycles. The van der Waals surface area contributed by atoms with Crippen LogP contribution in [0.15, 0.2) is 12.1 Å². The summed E-state index contributed by atoms with van der Waals surface area (Å²) in [7, 11) is 5.15. The summed E-state index contributed by atoms with van der Waals surface area (Å²) in [6.45, 7) is 3.97. The molecule has 0 amide bonds. The number of hydrogen-bond donors (Lipinski definition) is 1. The minimum Gasteiger partial charge on any atom is -0.496 e. The summed E-state index contributed by atoms with van der Waals surface area (Å²) in [6.07, 6.45) is 0.788. The van der Waals surface area contributed by atoms with Gasteiger partial charge in [0.15, 0.2) is 0 Å². The van der Waals surface area contributed by atoms with Crippen LogP contribution in [0.1, 0.15) is 30.5 Å². The molecule has 0 heterocycles. The Morgan fingerprint density at radius 2 is 2.00 bits per heavy atom. The molecule has 0 spiro atoms. The topological polar surface area (TPSA) is 54.3 Å². The van der Waals surface area contributed by atoms with E-state index in [2.05, 4.69) is 11.4 Å². The van der Waals surface area contributed by atoms with E-state index >= 15 is 0 Å². The lowest BCUT2D eigenvalue weighted by molar-refractivity contribution is 0.369. The molecule has 0 bridgehead atoms. The van der Waals surface area contributed by atoms with Crippen molar-refractivity contribution in [1.29, 1.82) is 5.26 Å². The Balaban J connectivity index is 3.32. The standard InChI is InChI=1S/C15H22N2O2/c1-6-11(9-16)14(17-3)12-7-8-13(18-4)10(2)15(12)19-5/h7-8,11,14,17H,6H2,1-5H3. The molecule has 4 nitrogen and oxygen atoms in total. The van der Waals surface area contributed by atoms with E-state index in [4.69, 9.17) is 9.47 Å². The maximum atomic E-state index is 9.27. The van der Waals surface area contributed by atoms with Crippen molar-refractivity contribution in [3.8, 4) is 17.6 Å². The molecule has 0 fully saturated rings. The summed E-state index contributed by atoms with van der Waals surface area (Å²) in [5.41, 5.74) is 1.95. The van der Waals surface area contributed by atoms with Gasteiger partial charge in [-0.05, 0) is 26.5 Å². The highest BCUT2D eigenvalue weighted by Gasteiger charge is 2.24. The fourth-order valence-corrected chi connectivity index (χ4v) is 2.41. The van der Waals surface area contributed by atoms with Gasteiger partial charge in [-0.2, -0.15) is 5.26 Å². The van der Waals surface area contributed by atoms with Crippen LogP contribution in [-0.4, -0.2) is 21.3 Å². The SMILES string of the molecule is CCC(C#N)C(NC)c1ccc(OC)c(C)c1OC. The molecule has 0 aliphatic heterocycles. The lowest BCUT2D eigenvalue weighted by Gasteiger charge is -2.24. The van der Waals surface area contributed by atoms with Crippen molar-refractivity contribution in [2.45, 2.75) is 26.3 Å². The zero-order valence-corrected chi connectivity index (χ0v) is 12.3. The Hall–Kier alpha value is -1.73. The van der Waals surface area contributed by atoms with Crippen molar-refractivity contribution in [2.75, 3.05) is 21.3 Å². The molecule has 0 aliphatic rings. The Morgan fingerprint density at radius 3 is 2.42 bits per heavy atom. The van der Waals surface area contributed by atoms with Crippen LogP contribution in [0.2, 0.25) is 0 Å². The van der Waals surface area contributed by atoms with Gasteiger partial charge in [-0.3, -0.25) is 0 Å². The lowest BCUT2D eigenvalue weighted by Crippen LogP contribution is -2.24. The van der Waals surface area contributed by atoms with Crippen LogP contribution < -0.4 is 14.8 Å². The zero-order valence-electron chi connectivity index (χ0n) is 12.3. The van der Waals surface area contributed by atoms with Crippen LogP contribution in [0.4, 0.5) is 0 Å². The minimum atomic E-state index is -0.0910. The van der Waals surface area contributed by atoms with Crippen molar-refractivity contribution >= 4 is 0 Å². The number of ether oxygens (including phenoxy) is 2. The summed E-state index contributed by atoms with van der Waals surface area (Å²) >= 11 is 0. The smallest absolute Gasteiger partial charge is 0.130 e. The predicted molar refractivity (Wildman–Crippen MR) is 75.5 cm³/mol. The van der Waals surface area contributed by atoms with Gasteiger partial charge >= 0.3 is 0 Å². The average Bonchev–Trinajstić information content (AvgIpc) is 2.44. The number of methoxy groups -OCH3 is 2. The van der Waals surface area contributed by atoms with Crippen LogP contribution in [0, 0.1) is 24.2 Å². The van der Waals surface area contributed by atoms with E-state index < -0.39 is 0 Å². The molecule has 0 saturated carbocycles. The monoisotopic (exact) mass is 262 g/mol.